The summed E-state index contributed by atoms with van der Waals surface area (Å²) < 4.78 is 2.72. The maximum absolute atomic E-state index is 12.7. The van der Waals surface area contributed by atoms with Gasteiger partial charge in [0.25, 0.3) is 11.1 Å². The number of hydrogen-bond acceptors (Lipinski definition) is 10. The van der Waals surface area contributed by atoms with Crippen LogP contribution in [0.5, 0.6) is 0 Å². The van der Waals surface area contributed by atoms with Crippen molar-refractivity contribution in [2.75, 3.05) is 0 Å². The number of fused-ring (bicyclic) bond motifs is 2. The minimum atomic E-state index is -0.383. The van der Waals surface area contributed by atoms with Gasteiger partial charge < -0.3 is 0 Å². The molecule has 0 unspecified atom stereocenters. The molecule has 32 heavy (non-hydrogen) atoms. The van der Waals surface area contributed by atoms with Crippen molar-refractivity contribution in [3.05, 3.63) is 42.1 Å². The minimum absolute atomic E-state index is 0.208. The summed E-state index contributed by atoms with van der Waals surface area (Å²) in [5.74, 6) is 0. The predicted molar refractivity (Wildman–Crippen MR) is 124 cm³/mol. The quantitative estimate of drug-likeness (QED) is 0.405. The van der Waals surface area contributed by atoms with Crippen molar-refractivity contribution in [3.63, 3.8) is 0 Å². The molecule has 0 amide bonds. The molecule has 12 heteroatoms. The molecule has 0 atom stereocenters. The Morgan fingerprint density at radius 1 is 0.656 bits per heavy atom. The monoisotopic (exact) mass is 474 g/mol. The molecule has 0 saturated carbocycles. The number of rotatable bonds is 5. The third-order valence-corrected chi connectivity index (χ3v) is 6.83. The standard InChI is InChI=1S/C20H26N8O2S2/c1-19(2,3)13-15(29)27-17(23-21-13)31-11(25-27)9-7-8-10-12-26-28-16(30)14(20(4,5)6)22-24-18(28)32-12/h7-10H2,1-6H3. The number of aryl methyl sites for hydroxylation is 2. The van der Waals surface area contributed by atoms with Crippen molar-refractivity contribution in [1.29, 1.82) is 0 Å². The first-order valence-corrected chi connectivity index (χ1v) is 12.1. The molecule has 0 radical (unpaired) electrons. The molecule has 4 heterocycles. The Hall–Kier alpha value is -2.60. The zero-order chi connectivity index (χ0) is 23.3. The summed E-state index contributed by atoms with van der Waals surface area (Å²) in [4.78, 5) is 26.3. The van der Waals surface area contributed by atoms with Gasteiger partial charge in [0.15, 0.2) is 0 Å². The van der Waals surface area contributed by atoms with E-state index in [0.717, 1.165) is 35.7 Å². The van der Waals surface area contributed by atoms with E-state index in [2.05, 4.69) is 30.6 Å². The van der Waals surface area contributed by atoms with E-state index in [9.17, 15) is 9.59 Å². The highest BCUT2D eigenvalue weighted by atomic mass is 32.1. The van der Waals surface area contributed by atoms with E-state index < -0.39 is 0 Å². The smallest absolute Gasteiger partial charge is 0.265 e. The van der Waals surface area contributed by atoms with Gasteiger partial charge in [-0.15, -0.1) is 20.4 Å². The fourth-order valence-electron chi connectivity index (χ4n) is 3.20. The first kappa shape index (κ1) is 22.6. The summed E-state index contributed by atoms with van der Waals surface area (Å²) in [6, 6.07) is 0. The van der Waals surface area contributed by atoms with Crippen molar-refractivity contribution < 1.29 is 0 Å². The molecule has 4 aromatic heterocycles. The van der Waals surface area contributed by atoms with E-state index in [0.29, 0.717) is 21.3 Å². The van der Waals surface area contributed by atoms with E-state index >= 15 is 0 Å². The fraction of sp³-hybridized carbons (Fsp3) is 0.600. The van der Waals surface area contributed by atoms with Gasteiger partial charge in [0, 0.05) is 23.7 Å². The van der Waals surface area contributed by atoms with Crippen molar-refractivity contribution >= 4 is 32.6 Å². The lowest BCUT2D eigenvalue weighted by Gasteiger charge is -2.14. The van der Waals surface area contributed by atoms with Gasteiger partial charge in [-0.1, -0.05) is 64.2 Å². The summed E-state index contributed by atoms with van der Waals surface area (Å²) in [6.45, 7) is 11.6. The van der Waals surface area contributed by atoms with Gasteiger partial charge in [-0.25, -0.2) is 0 Å². The van der Waals surface area contributed by atoms with E-state index in [1.807, 2.05) is 41.5 Å². The molecular formula is C20H26N8O2S2. The van der Waals surface area contributed by atoms with Gasteiger partial charge in [-0.05, 0) is 12.8 Å². The van der Waals surface area contributed by atoms with Gasteiger partial charge in [0.1, 0.15) is 21.4 Å². The van der Waals surface area contributed by atoms with Crippen molar-refractivity contribution in [3.8, 4) is 0 Å². The van der Waals surface area contributed by atoms with Crippen LogP contribution in [0.1, 0.15) is 75.8 Å². The summed E-state index contributed by atoms with van der Waals surface area (Å²) >= 11 is 2.78. The highest BCUT2D eigenvalue weighted by Gasteiger charge is 2.24. The van der Waals surface area contributed by atoms with Crippen molar-refractivity contribution in [2.45, 2.75) is 78.1 Å². The Bertz CT molecular complexity index is 1290. The number of aromatic nitrogens is 8. The highest BCUT2D eigenvalue weighted by molar-refractivity contribution is 7.16. The lowest BCUT2D eigenvalue weighted by Crippen LogP contribution is -2.30. The fourth-order valence-corrected chi connectivity index (χ4v) is 4.95. The van der Waals surface area contributed by atoms with Crippen molar-refractivity contribution in [1.82, 2.24) is 39.6 Å². The molecule has 4 rings (SSSR count). The third-order valence-electron chi connectivity index (χ3n) is 4.92. The minimum Gasteiger partial charge on any atom is -0.265 e. The summed E-state index contributed by atoms with van der Waals surface area (Å²) in [6.07, 6.45) is 3.21. The molecule has 0 N–H and O–H groups in total. The maximum atomic E-state index is 12.7. The van der Waals surface area contributed by atoms with Crippen LogP contribution in [0.15, 0.2) is 9.59 Å². The normalized spacial score (nSPS) is 12.8. The van der Waals surface area contributed by atoms with Crippen LogP contribution in [0.4, 0.5) is 0 Å². The molecule has 0 aliphatic carbocycles. The Kier molecular flexibility index (Phi) is 5.70. The summed E-state index contributed by atoms with van der Waals surface area (Å²) in [5.41, 5.74) is -0.355. The average molecular weight is 475 g/mol. The Labute approximate surface area is 192 Å². The lowest BCUT2D eigenvalue weighted by atomic mass is 9.93. The Balaban J connectivity index is 1.43. The van der Waals surface area contributed by atoms with Gasteiger partial charge in [0.2, 0.25) is 9.92 Å². The molecule has 4 aromatic rings. The van der Waals surface area contributed by atoms with Gasteiger partial charge in [0.05, 0.1) is 0 Å². The molecule has 0 aliphatic rings. The van der Waals surface area contributed by atoms with E-state index in [-0.39, 0.29) is 21.9 Å². The molecule has 10 nitrogen and oxygen atoms in total. The molecule has 0 aliphatic heterocycles. The zero-order valence-corrected chi connectivity index (χ0v) is 20.7. The van der Waals surface area contributed by atoms with Crippen LogP contribution >= 0.6 is 22.7 Å². The Morgan fingerprint density at radius 2 is 1.03 bits per heavy atom. The largest absolute Gasteiger partial charge is 0.297 e. The van der Waals surface area contributed by atoms with Gasteiger partial charge >= 0.3 is 0 Å². The van der Waals surface area contributed by atoms with Crippen LogP contribution in [0.25, 0.3) is 9.92 Å². The van der Waals surface area contributed by atoms with E-state index in [4.69, 9.17) is 0 Å². The number of unbranched alkanes of at least 4 members (excludes halogenated alkanes) is 1. The summed E-state index contributed by atoms with van der Waals surface area (Å²) in [5, 5.41) is 27.2. The topological polar surface area (TPSA) is 120 Å². The van der Waals surface area contributed by atoms with Crippen molar-refractivity contribution in [2.24, 2.45) is 0 Å². The average Bonchev–Trinajstić information content (AvgIpc) is 3.28. The van der Waals surface area contributed by atoms with Gasteiger partial charge in [-0.3, -0.25) is 9.59 Å². The maximum Gasteiger partial charge on any atom is 0.297 e. The van der Waals surface area contributed by atoms with Crippen LogP contribution in [-0.2, 0) is 23.7 Å². The highest BCUT2D eigenvalue weighted by Crippen LogP contribution is 2.20. The third kappa shape index (κ3) is 4.33. The van der Waals surface area contributed by atoms with Crippen LogP contribution in [0, 0.1) is 0 Å². The second-order valence-electron chi connectivity index (χ2n) is 9.79. The van der Waals surface area contributed by atoms with Gasteiger partial charge in [-0.2, -0.15) is 19.2 Å². The second-order valence-corrected chi connectivity index (χ2v) is 11.9. The van der Waals surface area contributed by atoms with E-state index in [1.54, 1.807) is 0 Å². The predicted octanol–water partition coefficient (Wildman–Crippen LogP) is 2.57. The van der Waals surface area contributed by atoms with Crippen LogP contribution in [0.3, 0.4) is 0 Å². The SMILES string of the molecule is CC(C)(C)c1nnc2sc(CCCCc3nn4c(=O)c(C(C)(C)C)nnc4s3)nn2c1=O. The van der Waals surface area contributed by atoms with E-state index in [1.165, 1.54) is 31.7 Å². The molecule has 0 bridgehead atoms. The molecule has 0 fully saturated rings. The first-order valence-electron chi connectivity index (χ1n) is 10.5. The molecule has 0 saturated heterocycles. The number of hydrogen-bond donors (Lipinski definition) is 0. The molecule has 170 valence electrons. The first-order chi connectivity index (χ1) is 14.9. The van der Waals surface area contributed by atoms with Crippen LogP contribution in [0.2, 0.25) is 0 Å². The second kappa shape index (κ2) is 8.07. The Morgan fingerprint density at radius 3 is 1.38 bits per heavy atom. The molecule has 0 spiro atoms. The zero-order valence-electron chi connectivity index (χ0n) is 19.0. The molecule has 0 aromatic carbocycles. The molecular weight excluding hydrogens is 448 g/mol. The van der Waals surface area contributed by atoms with Crippen LogP contribution in [-0.4, -0.2) is 39.6 Å². The summed E-state index contributed by atoms with van der Waals surface area (Å²) in [7, 11) is 0. The lowest BCUT2D eigenvalue weighted by molar-refractivity contribution is 0.541. The number of nitrogens with zero attached hydrogens (tertiary/aromatic N) is 8. The van der Waals surface area contributed by atoms with Crippen LogP contribution < -0.4 is 11.1 Å².